The Hall–Kier alpha value is -2.64. The van der Waals surface area contributed by atoms with Gasteiger partial charge in [0.25, 0.3) is 0 Å². The molecule has 108 valence electrons. The van der Waals surface area contributed by atoms with E-state index < -0.39 is 23.9 Å². The van der Waals surface area contributed by atoms with E-state index in [2.05, 4.69) is 0 Å². The third-order valence-corrected chi connectivity index (χ3v) is 3.01. The first-order valence-electron chi connectivity index (χ1n) is 5.63. The molecule has 0 aromatic carbocycles. The summed E-state index contributed by atoms with van der Waals surface area (Å²) in [5.41, 5.74) is -1.55. The fourth-order valence-electron chi connectivity index (χ4n) is 2.05. The van der Waals surface area contributed by atoms with Crippen LogP contribution in [0.5, 0.6) is 0 Å². The Bertz CT molecular complexity index is 454. The number of carbonyl (C=O) groups is 4. The van der Waals surface area contributed by atoms with Crippen molar-refractivity contribution in [3.8, 4) is 0 Å². The molecular weight excluding hydrogens is 272 g/mol. The minimum atomic E-state index is -1.44. The highest BCUT2D eigenvalue weighted by Crippen LogP contribution is 2.28. The first-order chi connectivity index (χ1) is 9.25. The molecule has 0 unspecified atom stereocenters. The molecule has 0 aromatic rings. The van der Waals surface area contributed by atoms with E-state index in [1.54, 1.807) is 0 Å². The van der Waals surface area contributed by atoms with Crippen LogP contribution < -0.4 is 0 Å². The summed E-state index contributed by atoms with van der Waals surface area (Å²) in [6.45, 7) is 0. The van der Waals surface area contributed by atoms with Gasteiger partial charge in [0.1, 0.15) is 0 Å². The van der Waals surface area contributed by atoms with Crippen molar-refractivity contribution in [1.82, 2.24) is 0 Å². The molecule has 8 nitrogen and oxygen atoms in total. The average molecular weight is 284 g/mol. The smallest absolute Gasteiger partial charge is 0.332 e. The quantitative estimate of drug-likeness (QED) is 0.582. The average Bonchev–Trinajstić information content (AvgIpc) is 2.26. The van der Waals surface area contributed by atoms with Crippen molar-refractivity contribution >= 4 is 23.9 Å². The highest BCUT2D eigenvalue weighted by Gasteiger charge is 2.28. The number of aliphatic carboxylic acids is 4. The zero-order valence-corrected chi connectivity index (χ0v) is 10.3. The van der Waals surface area contributed by atoms with Gasteiger partial charge in [-0.25, -0.2) is 19.2 Å². The third kappa shape index (κ3) is 3.22. The molecule has 20 heavy (non-hydrogen) atoms. The molecular formula is C12H12O8. The summed E-state index contributed by atoms with van der Waals surface area (Å²) < 4.78 is 0. The SMILES string of the molecule is O=C(O)/C1=C(\C(=O)O)CC/C(C(=O)O)=C(/C(=O)O)CC1. The number of hydrogen-bond donors (Lipinski definition) is 4. The van der Waals surface area contributed by atoms with Gasteiger partial charge in [-0.1, -0.05) is 0 Å². The molecule has 0 bridgehead atoms. The van der Waals surface area contributed by atoms with Gasteiger partial charge >= 0.3 is 23.9 Å². The normalized spacial score (nSPS) is 23.6. The maximum absolute atomic E-state index is 11.0. The minimum Gasteiger partial charge on any atom is -0.478 e. The molecule has 0 heterocycles. The maximum atomic E-state index is 11.0. The van der Waals surface area contributed by atoms with Gasteiger partial charge in [-0.2, -0.15) is 0 Å². The summed E-state index contributed by atoms with van der Waals surface area (Å²) in [5.74, 6) is -5.76. The lowest BCUT2D eigenvalue weighted by Crippen LogP contribution is -2.18. The van der Waals surface area contributed by atoms with E-state index in [9.17, 15) is 19.2 Å². The lowest BCUT2D eigenvalue weighted by Gasteiger charge is -2.15. The van der Waals surface area contributed by atoms with Crippen LogP contribution in [-0.2, 0) is 19.2 Å². The van der Waals surface area contributed by atoms with E-state index >= 15 is 0 Å². The van der Waals surface area contributed by atoms with Gasteiger partial charge in [0.15, 0.2) is 0 Å². The molecule has 0 aromatic heterocycles. The fourth-order valence-corrected chi connectivity index (χ4v) is 2.05. The Morgan fingerprint density at radius 2 is 0.650 bits per heavy atom. The van der Waals surface area contributed by atoms with Crippen LogP contribution >= 0.6 is 0 Å². The van der Waals surface area contributed by atoms with Crippen molar-refractivity contribution in [3.63, 3.8) is 0 Å². The van der Waals surface area contributed by atoms with Crippen molar-refractivity contribution in [2.45, 2.75) is 25.7 Å². The van der Waals surface area contributed by atoms with Gasteiger partial charge in [-0.05, 0) is 25.7 Å². The van der Waals surface area contributed by atoms with Gasteiger partial charge in [0.2, 0.25) is 0 Å². The van der Waals surface area contributed by atoms with Gasteiger partial charge in [0, 0.05) is 22.3 Å². The minimum absolute atomic E-state index is 0.338. The largest absolute Gasteiger partial charge is 0.478 e. The van der Waals surface area contributed by atoms with Crippen molar-refractivity contribution in [3.05, 3.63) is 22.3 Å². The monoisotopic (exact) mass is 284 g/mol. The molecule has 4 N–H and O–H groups in total. The van der Waals surface area contributed by atoms with Crippen LogP contribution in [0.1, 0.15) is 25.7 Å². The molecule has 0 radical (unpaired) electrons. The lowest BCUT2D eigenvalue weighted by atomic mass is 9.89. The van der Waals surface area contributed by atoms with E-state index in [0.717, 1.165) is 0 Å². The second-order valence-corrected chi connectivity index (χ2v) is 4.13. The van der Waals surface area contributed by atoms with Crippen LogP contribution in [0.25, 0.3) is 0 Å². The number of carboxylic acid groups (broad SMARTS) is 4. The molecule has 1 rings (SSSR count). The van der Waals surface area contributed by atoms with Gasteiger partial charge < -0.3 is 20.4 Å². The molecule has 0 spiro atoms. The Morgan fingerprint density at radius 1 is 0.500 bits per heavy atom. The fraction of sp³-hybridized carbons (Fsp3) is 0.333. The maximum Gasteiger partial charge on any atom is 0.332 e. The molecule has 0 amide bonds. The van der Waals surface area contributed by atoms with Crippen molar-refractivity contribution in [2.24, 2.45) is 0 Å². The van der Waals surface area contributed by atoms with Crippen LogP contribution in [0, 0.1) is 0 Å². The summed E-state index contributed by atoms with van der Waals surface area (Å²) in [4.78, 5) is 44.1. The molecule has 0 saturated heterocycles. The standard InChI is InChI=1S/C12H12O8/c13-9(14)5-1-2-6(10(15)16)8(12(19)20)4-3-7(5)11(17)18/h1-4H2,(H,13,14)(H,15,16)(H,17,18)(H,19,20)/b7-5-,8-6-. The lowest BCUT2D eigenvalue weighted by molar-refractivity contribution is -0.137. The predicted octanol–water partition coefficient (Wildman–Crippen LogP) is 0.492. The number of carboxylic acids is 4. The Kier molecular flexibility index (Phi) is 4.63. The Labute approximate surface area is 112 Å². The molecule has 0 saturated carbocycles. The van der Waals surface area contributed by atoms with Crippen molar-refractivity contribution in [1.29, 1.82) is 0 Å². The Balaban J connectivity index is 3.27. The number of hydrogen-bond acceptors (Lipinski definition) is 4. The van der Waals surface area contributed by atoms with Crippen LogP contribution in [-0.4, -0.2) is 44.3 Å². The van der Waals surface area contributed by atoms with Gasteiger partial charge in [-0.15, -0.1) is 0 Å². The zero-order chi connectivity index (χ0) is 15.4. The van der Waals surface area contributed by atoms with E-state index in [0.29, 0.717) is 0 Å². The highest BCUT2D eigenvalue weighted by atomic mass is 16.4. The molecule has 1 aliphatic rings. The Morgan fingerprint density at radius 3 is 0.750 bits per heavy atom. The van der Waals surface area contributed by atoms with Crippen LogP contribution in [0.2, 0.25) is 0 Å². The van der Waals surface area contributed by atoms with Crippen LogP contribution in [0.3, 0.4) is 0 Å². The summed E-state index contributed by atoms with van der Waals surface area (Å²) in [5, 5.41) is 35.9. The third-order valence-electron chi connectivity index (χ3n) is 3.01. The first kappa shape index (κ1) is 15.4. The number of rotatable bonds is 4. The second kappa shape index (κ2) is 6.00. The molecule has 0 atom stereocenters. The van der Waals surface area contributed by atoms with E-state index in [1.165, 1.54) is 0 Å². The van der Waals surface area contributed by atoms with Gasteiger partial charge in [-0.3, -0.25) is 0 Å². The zero-order valence-electron chi connectivity index (χ0n) is 10.3. The summed E-state index contributed by atoms with van der Waals surface area (Å²) in [6, 6.07) is 0. The molecule has 8 heteroatoms. The molecule has 0 aliphatic heterocycles. The second-order valence-electron chi connectivity index (χ2n) is 4.13. The molecule has 1 aliphatic carbocycles. The molecule has 0 fully saturated rings. The van der Waals surface area contributed by atoms with E-state index in [-0.39, 0.29) is 48.0 Å². The van der Waals surface area contributed by atoms with E-state index in [4.69, 9.17) is 20.4 Å². The van der Waals surface area contributed by atoms with E-state index in [1.807, 2.05) is 0 Å². The van der Waals surface area contributed by atoms with Crippen LogP contribution in [0.15, 0.2) is 22.3 Å². The van der Waals surface area contributed by atoms with Crippen LogP contribution in [0.4, 0.5) is 0 Å². The summed E-state index contributed by atoms with van der Waals surface area (Å²) >= 11 is 0. The first-order valence-corrected chi connectivity index (χ1v) is 5.63. The predicted molar refractivity (Wildman–Crippen MR) is 63.1 cm³/mol. The highest BCUT2D eigenvalue weighted by molar-refractivity contribution is 6.02. The van der Waals surface area contributed by atoms with Gasteiger partial charge in [0.05, 0.1) is 0 Å². The summed E-state index contributed by atoms with van der Waals surface area (Å²) in [7, 11) is 0. The summed E-state index contributed by atoms with van der Waals surface area (Å²) in [6.07, 6.45) is -1.35. The van der Waals surface area contributed by atoms with Crippen molar-refractivity contribution in [2.75, 3.05) is 0 Å². The van der Waals surface area contributed by atoms with Crippen molar-refractivity contribution < 1.29 is 39.6 Å². The topological polar surface area (TPSA) is 149 Å².